The normalized spacial score (nSPS) is 25.8. The van der Waals surface area contributed by atoms with E-state index in [4.69, 9.17) is 38.0 Å². The summed E-state index contributed by atoms with van der Waals surface area (Å²) in [6.07, 6.45) is -3.19. The van der Waals surface area contributed by atoms with Crippen LogP contribution in [-0.4, -0.2) is 64.2 Å². The number of esters is 1. The molecule has 1 aromatic heterocycles. The molecule has 1 fully saturated rings. The number of aliphatic hydroxyl groups excluding tert-OH is 1. The van der Waals surface area contributed by atoms with Gasteiger partial charge in [0.2, 0.25) is 0 Å². The van der Waals surface area contributed by atoms with Crippen molar-refractivity contribution < 1.29 is 33.0 Å². The number of alkyl halides is 1. The van der Waals surface area contributed by atoms with Gasteiger partial charge >= 0.3 is 19.4 Å². The number of nitrogens with one attached hydrogen (secondary N) is 2. The summed E-state index contributed by atoms with van der Waals surface area (Å²) in [5.74, 6) is -0.536. The Morgan fingerprint density at radius 2 is 2.00 bits per heavy atom. The molecule has 3 N–H and O–H groups in total. The van der Waals surface area contributed by atoms with Crippen molar-refractivity contribution in [3.63, 3.8) is 0 Å². The first-order chi connectivity index (χ1) is 16.8. The molecule has 1 saturated heterocycles. The summed E-state index contributed by atoms with van der Waals surface area (Å²) in [7, 11) is 1.73. The van der Waals surface area contributed by atoms with E-state index in [1.807, 2.05) is 4.98 Å². The van der Waals surface area contributed by atoms with Crippen molar-refractivity contribution in [1.82, 2.24) is 14.6 Å². The number of halogens is 1. The average molecular weight is 542 g/mol. The lowest BCUT2D eigenvalue weighted by Crippen LogP contribution is -2.47. The second kappa shape index (κ2) is 10.9. The molecule has 0 amide bonds. The second-order valence-corrected chi connectivity index (χ2v) is 10.8. The number of hydrogen-bond donors (Lipinski definition) is 3. The van der Waals surface area contributed by atoms with E-state index in [1.54, 1.807) is 25.1 Å². The first-order valence-corrected chi connectivity index (χ1v) is 12.8. The molecule has 5 atom stereocenters. The number of aliphatic hydroxyl groups is 1. The molecule has 15 heteroatoms. The number of H-pyrrole nitrogens is 1. The summed E-state index contributed by atoms with van der Waals surface area (Å²) < 4.78 is 34.4. The highest BCUT2D eigenvalue weighted by Gasteiger charge is 2.53. The van der Waals surface area contributed by atoms with E-state index >= 15 is 0 Å². The Hall–Kier alpha value is -2.41. The first-order valence-electron chi connectivity index (χ1n) is 10.9. The van der Waals surface area contributed by atoms with E-state index < -0.39 is 60.3 Å². The summed E-state index contributed by atoms with van der Waals surface area (Å²) in [5.41, 5.74) is -3.01. The summed E-state index contributed by atoms with van der Waals surface area (Å²) >= 11 is 6.31. The highest BCUT2D eigenvalue weighted by Crippen LogP contribution is 2.48. The van der Waals surface area contributed by atoms with Gasteiger partial charge in [0.25, 0.3) is 5.56 Å². The van der Waals surface area contributed by atoms with E-state index in [0.29, 0.717) is 0 Å². The number of nitrogens with zero attached hydrogens (tertiary/aromatic N) is 1. The minimum Gasteiger partial charge on any atom is -0.465 e. The molecule has 1 aliphatic heterocycles. The van der Waals surface area contributed by atoms with E-state index in [9.17, 15) is 24.1 Å². The number of rotatable bonds is 10. The van der Waals surface area contributed by atoms with Gasteiger partial charge in [-0.25, -0.2) is 9.36 Å². The zero-order chi connectivity index (χ0) is 26.7. The van der Waals surface area contributed by atoms with Crippen molar-refractivity contribution in [2.24, 2.45) is 0 Å². The number of carbonyl (C=O) groups excluding carboxylic acids is 1. The van der Waals surface area contributed by atoms with Gasteiger partial charge < -0.3 is 19.1 Å². The van der Waals surface area contributed by atoms with E-state index in [1.165, 1.54) is 26.0 Å². The van der Waals surface area contributed by atoms with Crippen molar-refractivity contribution in [2.45, 2.75) is 49.5 Å². The third-order valence-corrected chi connectivity index (χ3v) is 7.35. The molecule has 0 spiro atoms. The summed E-state index contributed by atoms with van der Waals surface area (Å²) in [4.78, 5) is 38.0. The quantitative estimate of drug-likeness (QED) is 0.172. The molecule has 3 rings (SSSR count). The molecule has 36 heavy (non-hydrogen) atoms. The second-order valence-electron chi connectivity index (χ2n) is 8.47. The Balaban J connectivity index is 1.84. The van der Waals surface area contributed by atoms with Gasteiger partial charge in [0.1, 0.15) is 25.2 Å². The van der Waals surface area contributed by atoms with Crippen LogP contribution in [0, 0.1) is 0 Å². The van der Waals surface area contributed by atoms with Crippen LogP contribution in [0.15, 0.2) is 52.2 Å². The Labute approximate surface area is 212 Å². The molecule has 0 aliphatic carbocycles. The highest BCUT2D eigenvalue weighted by molar-refractivity contribution is 7.52. The molecule has 194 valence electrons. The Kier molecular flexibility index (Phi) is 8.54. The first kappa shape index (κ1) is 28.2. The number of ether oxygens (including phenoxy) is 2. The van der Waals surface area contributed by atoms with E-state index in [-0.39, 0.29) is 12.4 Å². The topological polar surface area (TPSA) is 158 Å². The van der Waals surface area contributed by atoms with Crippen molar-refractivity contribution in [3.05, 3.63) is 63.4 Å². The van der Waals surface area contributed by atoms with Gasteiger partial charge in [-0.05, 0) is 32.9 Å². The Bertz CT molecular complexity index is 1240. The predicted octanol–water partition coefficient (Wildman–Crippen LogP) is 1.03. The molecule has 1 aliphatic rings. The number of aromatic nitrogens is 2. The van der Waals surface area contributed by atoms with Gasteiger partial charge in [-0.1, -0.05) is 18.2 Å². The lowest BCUT2D eigenvalue weighted by atomic mass is 9.79. The lowest BCUT2D eigenvalue weighted by Gasteiger charge is -2.30. The number of hydrogen-bond acceptors (Lipinski definition) is 9. The molecule has 2 aromatic rings. The molecule has 12 nitrogen and oxygen atoms in total. The van der Waals surface area contributed by atoms with Crippen molar-refractivity contribution in [2.75, 3.05) is 13.2 Å². The van der Waals surface area contributed by atoms with Crippen LogP contribution in [0.4, 0.5) is 0 Å². The lowest BCUT2D eigenvalue weighted by molar-refractivity contribution is -0.149. The van der Waals surface area contributed by atoms with Gasteiger partial charge in [-0.2, -0.15) is 5.09 Å². The van der Waals surface area contributed by atoms with Crippen LogP contribution in [0.5, 0.6) is 5.75 Å². The third-order valence-electron chi connectivity index (χ3n) is 5.17. The molecule has 2 heterocycles. The molecular formula is C21H26BClN3O9P. The molecule has 0 bridgehead atoms. The van der Waals surface area contributed by atoms with Crippen molar-refractivity contribution in [1.29, 1.82) is 0 Å². The fourth-order valence-electron chi connectivity index (χ4n) is 3.37. The van der Waals surface area contributed by atoms with Gasteiger partial charge in [0.05, 0.1) is 24.1 Å². The number of carbonyl (C=O) groups is 1. The SMILES string of the molecule is [B][C@]1(Cl)[C@H](O)[C@@H](COP(=O)(NC(C)(C)C(=O)OCC)Oc2ccccc2)O[C@H]1n1ccc(=O)[nH]c1=O. The molecule has 1 unspecified atom stereocenters. The maximum atomic E-state index is 13.7. The number of benzene rings is 1. The molecule has 0 saturated carbocycles. The summed E-state index contributed by atoms with van der Waals surface area (Å²) in [6.45, 7) is 4.00. The van der Waals surface area contributed by atoms with E-state index in [2.05, 4.69) is 5.09 Å². The van der Waals surface area contributed by atoms with Gasteiger partial charge in [0, 0.05) is 12.3 Å². The van der Waals surface area contributed by atoms with Crippen LogP contribution >= 0.6 is 19.3 Å². The summed E-state index contributed by atoms with van der Waals surface area (Å²) in [5, 5.41) is 13.3. The smallest absolute Gasteiger partial charge is 0.459 e. The van der Waals surface area contributed by atoms with Crippen LogP contribution in [0.3, 0.4) is 0 Å². The minimum atomic E-state index is -4.31. The minimum absolute atomic E-state index is 0.0938. The van der Waals surface area contributed by atoms with Gasteiger partial charge in [-0.15, -0.1) is 11.6 Å². The molecule has 2 radical (unpaired) electrons. The largest absolute Gasteiger partial charge is 0.465 e. The van der Waals surface area contributed by atoms with Crippen molar-refractivity contribution >= 4 is 33.2 Å². The van der Waals surface area contributed by atoms with Gasteiger partial charge in [-0.3, -0.25) is 23.7 Å². The fourth-order valence-corrected chi connectivity index (χ4v) is 5.35. The maximum Gasteiger partial charge on any atom is 0.459 e. The van der Waals surface area contributed by atoms with Crippen LogP contribution in [0.25, 0.3) is 0 Å². The average Bonchev–Trinajstić information content (AvgIpc) is 3.01. The Morgan fingerprint density at radius 1 is 1.33 bits per heavy atom. The number of aromatic amines is 1. The Morgan fingerprint density at radius 3 is 2.61 bits per heavy atom. The molecule has 1 aromatic carbocycles. The number of para-hydroxylation sites is 1. The maximum absolute atomic E-state index is 13.7. The van der Waals surface area contributed by atoms with Crippen molar-refractivity contribution in [3.8, 4) is 5.75 Å². The summed E-state index contributed by atoms with van der Waals surface area (Å²) in [6, 6.07) is 9.11. The van der Waals surface area contributed by atoms with Crippen LogP contribution in [0.2, 0.25) is 0 Å². The third kappa shape index (κ3) is 6.29. The fraction of sp³-hybridized carbons (Fsp3) is 0.476. The monoisotopic (exact) mass is 541 g/mol. The van der Waals surface area contributed by atoms with Crippen LogP contribution < -0.4 is 20.9 Å². The molecular weight excluding hydrogens is 515 g/mol. The zero-order valence-corrected chi connectivity index (χ0v) is 21.4. The van der Waals surface area contributed by atoms with Crippen LogP contribution in [0.1, 0.15) is 27.0 Å². The highest BCUT2D eigenvalue weighted by atomic mass is 35.5. The van der Waals surface area contributed by atoms with E-state index in [0.717, 1.165) is 16.8 Å². The van der Waals surface area contributed by atoms with Crippen LogP contribution in [-0.2, 0) is 23.4 Å². The standard InChI is InChI=1S/C21H26BClN3O9P/c1-4-32-18(29)20(2,3)25-36(31,35-13-8-6-5-7-9-13)33-12-14-16(28)21(22,23)17(34-14)26-11-10-15(27)24-19(26)30/h5-11,14,16-17,28H,4,12H2,1-3H3,(H,25,31)(H,24,27,30)/t14-,16-,17-,21+,36?/m1/s1. The van der Waals surface area contributed by atoms with Gasteiger partial charge in [0.15, 0.2) is 6.23 Å². The predicted molar refractivity (Wildman–Crippen MR) is 130 cm³/mol. The zero-order valence-electron chi connectivity index (χ0n) is 19.8.